The molecule has 1 aromatic rings. The second-order valence-electron chi connectivity index (χ2n) is 5.76. The standard InChI is InChI=1S/C16H22O4/c1-18-14-4-3-12(11-17)9-15(14)20-13-5-8-19-16(10-13)6-2-7-16/h3-4,9,13,17H,2,5-8,10-11H2,1H3. The molecule has 2 aliphatic rings. The normalized spacial score (nSPS) is 24.2. The van der Waals surface area contributed by atoms with Crippen LogP contribution in [-0.4, -0.2) is 30.5 Å². The molecule has 2 fully saturated rings. The molecule has 1 atom stereocenters. The second kappa shape index (κ2) is 5.62. The van der Waals surface area contributed by atoms with Gasteiger partial charge in [-0.3, -0.25) is 0 Å². The quantitative estimate of drug-likeness (QED) is 0.920. The van der Waals surface area contributed by atoms with Gasteiger partial charge in [-0.25, -0.2) is 0 Å². The molecule has 1 N–H and O–H groups in total. The molecule has 3 rings (SSSR count). The SMILES string of the molecule is COc1ccc(CO)cc1OC1CCOC2(CCC2)C1. The van der Waals surface area contributed by atoms with E-state index in [-0.39, 0.29) is 18.3 Å². The van der Waals surface area contributed by atoms with Gasteiger partial charge in [-0.05, 0) is 37.0 Å². The van der Waals surface area contributed by atoms with E-state index in [0.29, 0.717) is 0 Å². The molecule has 0 bridgehead atoms. The third-order valence-corrected chi connectivity index (χ3v) is 4.42. The monoisotopic (exact) mass is 278 g/mol. The van der Waals surface area contributed by atoms with E-state index in [2.05, 4.69) is 0 Å². The molecule has 1 spiro atoms. The first kappa shape index (κ1) is 13.7. The molecular weight excluding hydrogens is 256 g/mol. The van der Waals surface area contributed by atoms with Crippen LogP contribution < -0.4 is 9.47 Å². The average Bonchev–Trinajstić information content (AvgIpc) is 2.46. The van der Waals surface area contributed by atoms with Gasteiger partial charge < -0.3 is 19.3 Å². The molecular formula is C16H22O4. The summed E-state index contributed by atoms with van der Waals surface area (Å²) in [7, 11) is 1.64. The first-order valence-corrected chi connectivity index (χ1v) is 7.33. The van der Waals surface area contributed by atoms with Crippen LogP contribution in [0, 0.1) is 0 Å². The first-order valence-electron chi connectivity index (χ1n) is 7.33. The Morgan fingerprint density at radius 1 is 1.35 bits per heavy atom. The van der Waals surface area contributed by atoms with Crippen molar-refractivity contribution in [1.82, 2.24) is 0 Å². The summed E-state index contributed by atoms with van der Waals surface area (Å²) in [6.45, 7) is 0.782. The minimum Gasteiger partial charge on any atom is -0.493 e. The fraction of sp³-hybridized carbons (Fsp3) is 0.625. The number of hydrogen-bond acceptors (Lipinski definition) is 4. The van der Waals surface area contributed by atoms with Crippen molar-refractivity contribution in [3.63, 3.8) is 0 Å². The molecule has 0 amide bonds. The maximum atomic E-state index is 9.25. The Hall–Kier alpha value is -1.26. The summed E-state index contributed by atoms with van der Waals surface area (Å²) in [6.07, 6.45) is 5.61. The van der Waals surface area contributed by atoms with Crippen LogP contribution in [0.1, 0.15) is 37.7 Å². The zero-order chi connectivity index (χ0) is 14.0. The van der Waals surface area contributed by atoms with Crippen molar-refractivity contribution in [2.24, 2.45) is 0 Å². The predicted molar refractivity (Wildman–Crippen MR) is 75.1 cm³/mol. The van der Waals surface area contributed by atoms with E-state index in [0.717, 1.165) is 49.4 Å². The van der Waals surface area contributed by atoms with Gasteiger partial charge >= 0.3 is 0 Å². The van der Waals surface area contributed by atoms with Crippen molar-refractivity contribution < 1.29 is 19.3 Å². The Balaban J connectivity index is 1.73. The molecule has 1 saturated heterocycles. The molecule has 4 heteroatoms. The molecule has 4 nitrogen and oxygen atoms in total. The van der Waals surface area contributed by atoms with Gasteiger partial charge in [-0.1, -0.05) is 6.07 Å². The molecule has 0 radical (unpaired) electrons. The number of benzene rings is 1. The van der Waals surface area contributed by atoms with E-state index in [1.807, 2.05) is 18.2 Å². The Morgan fingerprint density at radius 3 is 2.85 bits per heavy atom. The zero-order valence-electron chi connectivity index (χ0n) is 11.9. The van der Waals surface area contributed by atoms with Crippen LogP contribution in [0.3, 0.4) is 0 Å². The van der Waals surface area contributed by atoms with Crippen molar-refractivity contribution in [3.8, 4) is 11.5 Å². The van der Waals surface area contributed by atoms with Gasteiger partial charge in [-0.2, -0.15) is 0 Å². The van der Waals surface area contributed by atoms with Crippen LogP contribution in [-0.2, 0) is 11.3 Å². The Kier molecular flexibility index (Phi) is 3.85. The Labute approximate surface area is 119 Å². The van der Waals surface area contributed by atoms with Crippen molar-refractivity contribution in [3.05, 3.63) is 23.8 Å². The second-order valence-corrected chi connectivity index (χ2v) is 5.76. The van der Waals surface area contributed by atoms with E-state index in [1.165, 1.54) is 6.42 Å². The highest BCUT2D eigenvalue weighted by Crippen LogP contribution is 2.43. The minimum absolute atomic E-state index is 0.0120. The summed E-state index contributed by atoms with van der Waals surface area (Å²) in [5, 5.41) is 9.25. The lowest BCUT2D eigenvalue weighted by atomic mass is 9.74. The van der Waals surface area contributed by atoms with E-state index in [1.54, 1.807) is 7.11 Å². The van der Waals surface area contributed by atoms with Gasteiger partial charge in [0.1, 0.15) is 6.10 Å². The zero-order valence-corrected chi connectivity index (χ0v) is 11.9. The highest BCUT2D eigenvalue weighted by atomic mass is 16.5. The Morgan fingerprint density at radius 2 is 2.20 bits per heavy atom. The number of methoxy groups -OCH3 is 1. The maximum absolute atomic E-state index is 9.25. The van der Waals surface area contributed by atoms with Crippen molar-refractivity contribution in [2.75, 3.05) is 13.7 Å². The van der Waals surface area contributed by atoms with Gasteiger partial charge in [0.2, 0.25) is 0 Å². The van der Waals surface area contributed by atoms with E-state index >= 15 is 0 Å². The number of rotatable bonds is 4. The highest BCUT2D eigenvalue weighted by Gasteiger charge is 2.43. The van der Waals surface area contributed by atoms with Crippen LogP contribution >= 0.6 is 0 Å². The molecule has 1 saturated carbocycles. The van der Waals surface area contributed by atoms with Gasteiger partial charge in [0.25, 0.3) is 0 Å². The smallest absolute Gasteiger partial charge is 0.161 e. The Bertz CT molecular complexity index is 468. The van der Waals surface area contributed by atoms with Crippen LogP contribution in [0.25, 0.3) is 0 Å². The molecule has 1 aromatic carbocycles. The van der Waals surface area contributed by atoms with Crippen molar-refractivity contribution in [2.45, 2.75) is 50.4 Å². The summed E-state index contributed by atoms with van der Waals surface area (Å²) in [6, 6.07) is 5.56. The molecule has 1 heterocycles. The predicted octanol–water partition coefficient (Wildman–Crippen LogP) is 2.67. The summed E-state index contributed by atoms with van der Waals surface area (Å²) in [5.41, 5.74) is 0.913. The molecule has 110 valence electrons. The van der Waals surface area contributed by atoms with Gasteiger partial charge in [0.05, 0.1) is 25.9 Å². The van der Waals surface area contributed by atoms with E-state index in [4.69, 9.17) is 14.2 Å². The third kappa shape index (κ3) is 2.63. The van der Waals surface area contributed by atoms with Gasteiger partial charge in [0, 0.05) is 12.8 Å². The fourth-order valence-electron chi connectivity index (χ4n) is 3.09. The summed E-state index contributed by atoms with van der Waals surface area (Å²) >= 11 is 0. The average molecular weight is 278 g/mol. The maximum Gasteiger partial charge on any atom is 0.161 e. The topological polar surface area (TPSA) is 47.9 Å². The number of ether oxygens (including phenoxy) is 3. The largest absolute Gasteiger partial charge is 0.493 e. The van der Waals surface area contributed by atoms with Crippen LogP contribution in [0.4, 0.5) is 0 Å². The molecule has 1 unspecified atom stereocenters. The lowest BCUT2D eigenvalue weighted by Gasteiger charge is -2.46. The molecule has 1 aliphatic carbocycles. The van der Waals surface area contributed by atoms with Gasteiger partial charge in [-0.15, -0.1) is 0 Å². The highest BCUT2D eigenvalue weighted by molar-refractivity contribution is 5.43. The van der Waals surface area contributed by atoms with Crippen LogP contribution in [0.2, 0.25) is 0 Å². The fourth-order valence-corrected chi connectivity index (χ4v) is 3.09. The lowest BCUT2D eigenvalue weighted by Crippen LogP contribution is -2.48. The summed E-state index contributed by atoms with van der Waals surface area (Å²) in [5.74, 6) is 1.44. The number of hydrogen-bond donors (Lipinski definition) is 1. The van der Waals surface area contributed by atoms with E-state index < -0.39 is 0 Å². The van der Waals surface area contributed by atoms with Crippen LogP contribution in [0.5, 0.6) is 11.5 Å². The first-order chi connectivity index (χ1) is 9.74. The molecule has 0 aromatic heterocycles. The minimum atomic E-state index is 0.0120. The molecule has 1 aliphatic heterocycles. The van der Waals surface area contributed by atoms with Gasteiger partial charge in [0.15, 0.2) is 11.5 Å². The van der Waals surface area contributed by atoms with Crippen molar-refractivity contribution >= 4 is 0 Å². The lowest BCUT2D eigenvalue weighted by molar-refractivity contribution is -0.153. The number of aliphatic hydroxyl groups excluding tert-OH is 1. The number of aliphatic hydroxyl groups is 1. The van der Waals surface area contributed by atoms with Crippen molar-refractivity contribution in [1.29, 1.82) is 0 Å². The third-order valence-electron chi connectivity index (χ3n) is 4.42. The summed E-state index contributed by atoms with van der Waals surface area (Å²) in [4.78, 5) is 0. The van der Waals surface area contributed by atoms with E-state index in [9.17, 15) is 5.11 Å². The van der Waals surface area contributed by atoms with Crippen LogP contribution in [0.15, 0.2) is 18.2 Å². The molecule has 20 heavy (non-hydrogen) atoms. The summed E-state index contributed by atoms with van der Waals surface area (Å²) < 4.78 is 17.4.